The van der Waals surface area contributed by atoms with Crippen molar-refractivity contribution in [3.8, 4) is 23.3 Å². The number of carbonyl (C=O) groups excluding carboxylic acids is 4. The average Bonchev–Trinajstić information content (AvgIpc) is 3.88. The van der Waals surface area contributed by atoms with Gasteiger partial charge in [0.15, 0.2) is 0 Å². The molecule has 5 aromatic carbocycles. The number of esters is 1. The molecule has 3 saturated heterocycles. The molecule has 6 aromatic rings. The Morgan fingerprint density at radius 2 is 1.42 bits per heavy atom. The van der Waals surface area contributed by atoms with Gasteiger partial charge in [-0.3, -0.25) is 19.3 Å². The molecule has 10 rings (SSSR count). The Morgan fingerprint density at radius 1 is 0.750 bits per heavy atom. The van der Waals surface area contributed by atoms with Gasteiger partial charge in [0.1, 0.15) is 42.3 Å². The fraction of sp³-hybridized carbons (Fsp3) is 0.286. The van der Waals surface area contributed by atoms with Crippen LogP contribution in [0.4, 0.5) is 16.4 Å². The van der Waals surface area contributed by atoms with Crippen molar-refractivity contribution in [2.45, 2.75) is 29.6 Å². The smallest absolute Gasteiger partial charge is 0.421 e. The highest BCUT2D eigenvalue weighted by atomic mass is 16.6. The van der Waals surface area contributed by atoms with Crippen LogP contribution in [0.15, 0.2) is 146 Å². The van der Waals surface area contributed by atoms with Crippen molar-refractivity contribution in [1.82, 2.24) is 19.8 Å². The van der Waals surface area contributed by atoms with Crippen LogP contribution in [0.25, 0.3) is 0 Å². The highest BCUT2D eigenvalue weighted by molar-refractivity contribution is 6.23. The molecule has 1 aromatic heterocycles. The lowest BCUT2D eigenvalue weighted by Gasteiger charge is -2.46. The number of aliphatic hydroxyl groups excluding tert-OH is 1. The Kier molecular flexibility index (Phi) is 13.7. The molecule has 72 heavy (non-hydrogen) atoms. The van der Waals surface area contributed by atoms with Crippen LogP contribution in [-0.2, 0) is 34.0 Å². The van der Waals surface area contributed by atoms with Gasteiger partial charge >= 0.3 is 12.1 Å². The van der Waals surface area contributed by atoms with Gasteiger partial charge in [-0.25, -0.2) is 19.7 Å². The summed E-state index contributed by atoms with van der Waals surface area (Å²) in [6, 6.07) is 36.6. The minimum atomic E-state index is -2.09. The van der Waals surface area contributed by atoms with Crippen LogP contribution < -0.4 is 19.3 Å². The summed E-state index contributed by atoms with van der Waals surface area (Å²) in [5.74, 6) is 4.41. The van der Waals surface area contributed by atoms with Gasteiger partial charge < -0.3 is 38.6 Å². The lowest BCUT2D eigenvalue weighted by atomic mass is 9.64. The Hall–Kier alpha value is -8.10. The van der Waals surface area contributed by atoms with Crippen LogP contribution >= 0.6 is 0 Å². The van der Waals surface area contributed by atoms with Gasteiger partial charge in [0.05, 0.1) is 44.0 Å². The molecule has 3 fully saturated rings. The van der Waals surface area contributed by atoms with E-state index in [2.05, 4.69) is 21.8 Å². The number of benzene rings is 5. The largest absolute Gasteiger partial charge is 0.497 e. The topological polar surface area (TPSA) is 173 Å². The van der Waals surface area contributed by atoms with Crippen LogP contribution in [0.5, 0.6) is 11.5 Å². The molecule has 4 aliphatic rings. The first-order valence-electron chi connectivity index (χ1n) is 23.8. The van der Waals surface area contributed by atoms with E-state index in [0.29, 0.717) is 52.8 Å². The van der Waals surface area contributed by atoms with Crippen molar-refractivity contribution < 1.29 is 48.0 Å². The van der Waals surface area contributed by atoms with Crippen molar-refractivity contribution in [3.63, 3.8) is 0 Å². The molecule has 3 amide bonds. The molecule has 0 aliphatic carbocycles. The van der Waals surface area contributed by atoms with Crippen molar-refractivity contribution >= 4 is 35.5 Å². The second-order valence-corrected chi connectivity index (χ2v) is 17.7. The zero-order valence-electron chi connectivity index (χ0n) is 39.7. The van der Waals surface area contributed by atoms with Crippen LogP contribution in [0.2, 0.25) is 0 Å². The normalized spacial score (nSPS) is 22.4. The average molecular weight is 969 g/mol. The number of piperazine rings is 1. The van der Waals surface area contributed by atoms with E-state index in [0.717, 1.165) is 10.5 Å². The number of imide groups is 1. The molecule has 6 atom stereocenters. The summed E-state index contributed by atoms with van der Waals surface area (Å²) < 4.78 is 29.4. The van der Waals surface area contributed by atoms with Gasteiger partial charge in [-0.15, -0.1) is 0 Å². The molecular weight excluding hydrogens is 917 g/mol. The number of ether oxygens (including phenoxy) is 5. The highest BCUT2D eigenvalue weighted by Crippen LogP contribution is 2.67. The summed E-state index contributed by atoms with van der Waals surface area (Å²) in [4.78, 5) is 78.9. The molecule has 1 spiro atoms. The molecule has 0 radical (unpaired) electrons. The zero-order valence-corrected chi connectivity index (χ0v) is 39.7. The Balaban J connectivity index is 1.25. The van der Waals surface area contributed by atoms with E-state index in [1.165, 1.54) is 7.11 Å². The Morgan fingerprint density at radius 3 is 2.11 bits per heavy atom. The van der Waals surface area contributed by atoms with Crippen molar-refractivity contribution in [1.29, 1.82) is 0 Å². The molecular formula is C56H52N6O10. The maximum absolute atomic E-state index is 16.7. The third kappa shape index (κ3) is 8.55. The minimum absolute atomic E-state index is 0.0479. The number of morpholine rings is 1. The van der Waals surface area contributed by atoms with E-state index >= 15 is 14.4 Å². The molecule has 16 nitrogen and oxygen atoms in total. The maximum Gasteiger partial charge on any atom is 0.421 e. The molecule has 16 heteroatoms. The first kappa shape index (κ1) is 47.6. The van der Waals surface area contributed by atoms with Gasteiger partial charge in [-0.1, -0.05) is 90.7 Å². The number of hydrogen-bond acceptors (Lipinski definition) is 14. The second kappa shape index (κ2) is 20.7. The second-order valence-electron chi connectivity index (χ2n) is 17.7. The SMILES string of the molecule is COCCOC(=O)N1C(=O)C2(c3cc(C#Cc4ccc(OC)cc4)ccc31)C(C(=O)N1CCN(c3ncccn3)CC1)C1C(=O)OC(c3ccccc3)C(c3ccccc3)N1C2c1ccccc1OCCO. The van der Waals surface area contributed by atoms with Gasteiger partial charge in [0.2, 0.25) is 17.8 Å². The fourth-order valence-corrected chi connectivity index (χ4v) is 10.8. The maximum atomic E-state index is 16.7. The number of aliphatic hydroxyl groups is 1. The quantitative estimate of drug-likeness (QED) is 0.0853. The molecule has 1 N–H and O–H groups in total. The first-order valence-corrected chi connectivity index (χ1v) is 23.8. The third-order valence-corrected chi connectivity index (χ3v) is 13.9. The van der Waals surface area contributed by atoms with Crippen molar-refractivity contribution in [3.05, 3.63) is 179 Å². The fourth-order valence-electron chi connectivity index (χ4n) is 10.8. The highest BCUT2D eigenvalue weighted by Gasteiger charge is 2.76. The van der Waals surface area contributed by atoms with Crippen LogP contribution in [0, 0.1) is 17.8 Å². The van der Waals surface area contributed by atoms with Gasteiger partial charge in [-0.05, 0) is 71.3 Å². The minimum Gasteiger partial charge on any atom is -0.497 e. The van der Waals surface area contributed by atoms with Crippen molar-refractivity contribution in [2.24, 2.45) is 5.92 Å². The number of hydrogen-bond donors (Lipinski definition) is 1. The number of carbonyl (C=O) groups is 4. The summed E-state index contributed by atoms with van der Waals surface area (Å²) in [5, 5.41) is 10.2. The Bertz CT molecular complexity index is 3000. The van der Waals surface area contributed by atoms with E-state index in [1.807, 2.05) is 82.6 Å². The first-order chi connectivity index (χ1) is 35.3. The third-order valence-electron chi connectivity index (χ3n) is 13.9. The predicted octanol–water partition coefficient (Wildman–Crippen LogP) is 6.05. The number of anilines is 2. The van der Waals surface area contributed by atoms with Crippen LogP contribution in [0.3, 0.4) is 0 Å². The lowest BCUT2D eigenvalue weighted by Crippen LogP contribution is -2.59. The van der Waals surface area contributed by atoms with Gasteiger partial charge in [0, 0.05) is 62.4 Å². The lowest BCUT2D eigenvalue weighted by molar-refractivity contribution is -0.179. The van der Waals surface area contributed by atoms with Crippen LogP contribution in [-0.4, -0.2) is 122 Å². The number of rotatable bonds is 12. The molecule has 0 bridgehead atoms. The number of nitrogens with zero attached hydrogens (tertiary/aromatic N) is 6. The zero-order chi connectivity index (χ0) is 49.8. The Labute approximate surface area is 416 Å². The summed E-state index contributed by atoms with van der Waals surface area (Å²) in [7, 11) is 3.05. The molecule has 5 heterocycles. The molecule has 366 valence electrons. The number of aromatic nitrogens is 2. The standard InChI is InChI=1S/C56H52N6O10/c1-68-34-35-71-55(67)61-44-25-22-38(19-18-37-20-23-41(69-2)24-21-37)36-43(44)56(53(61)66)46(51(64)59-28-30-60(31-29-59)54-57-26-11-27-58-54)48-52(65)72-49(40-14-7-4-8-15-40)47(39-12-5-3-6-13-39)62(48)50(56)42-16-9-10-17-45(42)70-33-32-63/h3-17,20-27,36,46-50,63H,28-35H2,1-2H3. The van der Waals surface area contributed by atoms with E-state index in [4.69, 9.17) is 23.7 Å². The summed E-state index contributed by atoms with van der Waals surface area (Å²) in [6.45, 7) is 0.524. The monoisotopic (exact) mass is 968 g/mol. The van der Waals surface area contributed by atoms with E-state index in [1.54, 1.807) is 85.1 Å². The summed E-state index contributed by atoms with van der Waals surface area (Å²) in [5.41, 5.74) is 1.35. The molecule has 0 saturated carbocycles. The van der Waals surface area contributed by atoms with E-state index in [-0.39, 0.29) is 50.8 Å². The molecule has 6 unspecified atom stereocenters. The number of amides is 3. The van der Waals surface area contributed by atoms with E-state index in [9.17, 15) is 9.90 Å². The summed E-state index contributed by atoms with van der Waals surface area (Å²) in [6.07, 6.45) is 1.38. The van der Waals surface area contributed by atoms with E-state index < -0.39 is 59.4 Å². The summed E-state index contributed by atoms with van der Waals surface area (Å²) >= 11 is 0. The van der Waals surface area contributed by atoms with Gasteiger partial charge in [-0.2, -0.15) is 0 Å². The van der Waals surface area contributed by atoms with Gasteiger partial charge in [0.25, 0.3) is 0 Å². The van der Waals surface area contributed by atoms with Crippen molar-refractivity contribution in [2.75, 3.05) is 76.6 Å². The number of cyclic esters (lactones) is 1. The predicted molar refractivity (Wildman–Crippen MR) is 264 cm³/mol. The number of para-hydroxylation sites is 1. The van der Waals surface area contributed by atoms with Crippen LogP contribution in [0.1, 0.15) is 51.6 Å². The number of fused-ring (bicyclic) bond motifs is 3. The molecule has 4 aliphatic heterocycles. The number of methoxy groups -OCH3 is 2.